The van der Waals surface area contributed by atoms with E-state index in [0.29, 0.717) is 18.7 Å². The number of alkyl halides is 1. The number of nitrogens with zero attached hydrogens (tertiary/aromatic N) is 1. The van der Waals surface area contributed by atoms with E-state index in [9.17, 15) is 4.39 Å². The molecule has 0 fully saturated rings. The highest BCUT2D eigenvalue weighted by atomic mass is 19.1. The molecule has 0 amide bonds. The van der Waals surface area contributed by atoms with Gasteiger partial charge in [0.05, 0.1) is 6.54 Å². The minimum atomic E-state index is -0.436. The van der Waals surface area contributed by atoms with Gasteiger partial charge in [-0.3, -0.25) is 15.8 Å². The van der Waals surface area contributed by atoms with E-state index in [-0.39, 0.29) is 0 Å². The summed E-state index contributed by atoms with van der Waals surface area (Å²) in [6.45, 7) is 2.66. The number of nitrogens with one attached hydrogen (secondary N) is 2. The van der Waals surface area contributed by atoms with E-state index in [2.05, 4.69) is 22.8 Å². The van der Waals surface area contributed by atoms with Crippen LogP contribution in [-0.2, 0) is 0 Å². The largest absolute Gasteiger partial charge is 0.289 e. The van der Waals surface area contributed by atoms with Gasteiger partial charge < -0.3 is 0 Å². The third-order valence-electron chi connectivity index (χ3n) is 1.71. The molecule has 0 saturated carbocycles. The molecule has 0 radical (unpaired) electrons. The molecule has 2 N–H and O–H groups in total. The molecule has 0 saturated heterocycles. The van der Waals surface area contributed by atoms with Crippen LogP contribution in [0.15, 0.2) is 28.8 Å². The van der Waals surface area contributed by atoms with Crippen molar-refractivity contribution in [1.82, 2.24) is 10.9 Å². The monoisotopic (exact) mass is 213 g/mol. The molecular formula is C11H20FN3. The second kappa shape index (κ2) is 11.1. The van der Waals surface area contributed by atoms with Gasteiger partial charge in [-0.1, -0.05) is 19.1 Å². The third-order valence-corrected chi connectivity index (χ3v) is 1.71. The smallest absolute Gasteiger partial charge is 0.112 e. The Hall–Kier alpha value is -1.00. The molecule has 0 aromatic heterocycles. The first-order chi connectivity index (χ1) is 7.35. The topological polar surface area (TPSA) is 36.4 Å². The van der Waals surface area contributed by atoms with Crippen LogP contribution in [0.25, 0.3) is 0 Å². The summed E-state index contributed by atoms with van der Waals surface area (Å²) in [4.78, 5) is 4.10. The molecule has 0 aliphatic heterocycles. The Morgan fingerprint density at radius 1 is 1.47 bits per heavy atom. The maximum Gasteiger partial charge on any atom is 0.112 e. The lowest BCUT2D eigenvalue weighted by atomic mass is 10.3. The highest BCUT2D eigenvalue weighted by Gasteiger charge is 1.93. The minimum absolute atomic E-state index is 0.436. The number of hydrogen-bond donors (Lipinski definition) is 2. The van der Waals surface area contributed by atoms with Gasteiger partial charge in [0.15, 0.2) is 0 Å². The van der Waals surface area contributed by atoms with E-state index >= 15 is 0 Å². The normalized spacial score (nSPS) is 13.1. The van der Waals surface area contributed by atoms with Crippen LogP contribution < -0.4 is 10.9 Å². The van der Waals surface area contributed by atoms with E-state index in [0.717, 1.165) is 6.42 Å². The van der Waals surface area contributed by atoms with E-state index in [1.807, 2.05) is 12.2 Å². The van der Waals surface area contributed by atoms with Gasteiger partial charge in [-0.2, -0.15) is 0 Å². The number of rotatable bonds is 8. The molecule has 0 aliphatic carbocycles. The number of allylic oxidation sites excluding steroid dienone is 2. The van der Waals surface area contributed by atoms with Crippen molar-refractivity contribution in [3.63, 3.8) is 0 Å². The summed E-state index contributed by atoms with van der Waals surface area (Å²) in [7, 11) is 1.75. The van der Waals surface area contributed by atoms with Crippen molar-refractivity contribution < 1.29 is 4.39 Å². The first-order valence-corrected chi connectivity index (χ1v) is 5.13. The second-order valence-corrected chi connectivity index (χ2v) is 2.95. The molecule has 86 valence electrons. The molecule has 0 rings (SSSR count). The molecule has 4 heteroatoms. The van der Waals surface area contributed by atoms with Gasteiger partial charge in [0.1, 0.15) is 6.67 Å². The lowest BCUT2D eigenvalue weighted by Gasteiger charge is -2.02. The summed E-state index contributed by atoms with van der Waals surface area (Å²) >= 11 is 0. The molecule has 0 unspecified atom stereocenters. The minimum Gasteiger partial charge on any atom is -0.289 e. The Bertz CT molecular complexity index is 222. The SMILES string of the molecule is CC/C=C\C=NC/C=C(/CF)CNNC. The van der Waals surface area contributed by atoms with Crippen LogP contribution in [0.3, 0.4) is 0 Å². The second-order valence-electron chi connectivity index (χ2n) is 2.95. The van der Waals surface area contributed by atoms with Crippen LogP contribution in [-0.4, -0.2) is 33.0 Å². The molecule has 0 spiro atoms. The predicted molar refractivity (Wildman–Crippen MR) is 63.9 cm³/mol. The first-order valence-electron chi connectivity index (χ1n) is 5.13. The van der Waals surface area contributed by atoms with Crippen LogP contribution in [0.1, 0.15) is 13.3 Å². The van der Waals surface area contributed by atoms with E-state index in [4.69, 9.17) is 0 Å². The first kappa shape index (κ1) is 14.0. The Kier molecular flexibility index (Phi) is 10.3. The van der Waals surface area contributed by atoms with E-state index < -0.39 is 6.67 Å². The number of hydrogen-bond acceptors (Lipinski definition) is 3. The number of hydrazine groups is 1. The van der Waals surface area contributed by atoms with Gasteiger partial charge in [0.2, 0.25) is 0 Å². The van der Waals surface area contributed by atoms with Gasteiger partial charge in [-0.15, -0.1) is 0 Å². The molecule has 15 heavy (non-hydrogen) atoms. The van der Waals surface area contributed by atoms with Crippen LogP contribution in [0.4, 0.5) is 4.39 Å². The van der Waals surface area contributed by atoms with Crippen molar-refractivity contribution in [3.8, 4) is 0 Å². The van der Waals surface area contributed by atoms with Crippen molar-refractivity contribution in [3.05, 3.63) is 23.8 Å². The number of aliphatic imine (C=N–C) groups is 1. The molecular weight excluding hydrogens is 193 g/mol. The average molecular weight is 213 g/mol. The zero-order valence-corrected chi connectivity index (χ0v) is 9.46. The van der Waals surface area contributed by atoms with Crippen molar-refractivity contribution in [2.24, 2.45) is 4.99 Å². The van der Waals surface area contributed by atoms with Crippen LogP contribution in [0.5, 0.6) is 0 Å². The van der Waals surface area contributed by atoms with Gasteiger partial charge in [-0.25, -0.2) is 4.39 Å². The summed E-state index contributed by atoms with van der Waals surface area (Å²) in [6.07, 6.45) is 8.45. The third kappa shape index (κ3) is 9.31. The lowest BCUT2D eigenvalue weighted by Crippen LogP contribution is -2.29. The average Bonchev–Trinajstić information content (AvgIpc) is 2.27. The van der Waals surface area contributed by atoms with E-state index in [1.54, 1.807) is 19.3 Å². The maximum atomic E-state index is 12.4. The molecule has 0 aromatic rings. The highest BCUT2D eigenvalue weighted by Crippen LogP contribution is 1.93. The van der Waals surface area contributed by atoms with Gasteiger partial charge in [0, 0.05) is 12.8 Å². The summed E-state index contributed by atoms with van der Waals surface area (Å²) in [6, 6.07) is 0. The molecule has 0 aliphatic rings. The van der Waals surface area contributed by atoms with Gasteiger partial charge >= 0.3 is 0 Å². The van der Waals surface area contributed by atoms with Crippen molar-refractivity contribution in [1.29, 1.82) is 0 Å². The summed E-state index contributed by atoms with van der Waals surface area (Å²) in [5.74, 6) is 0. The summed E-state index contributed by atoms with van der Waals surface area (Å²) in [5, 5.41) is 0. The Morgan fingerprint density at radius 2 is 2.27 bits per heavy atom. The standard InChI is InChI=1S/C11H20FN3/c1-3-4-5-7-14-8-6-11(9-12)10-15-13-2/h4-7,13,15H,3,8-10H2,1-2H3/b5-4-,11-6-,14-7?. The van der Waals surface area contributed by atoms with Gasteiger partial charge in [0.25, 0.3) is 0 Å². The highest BCUT2D eigenvalue weighted by molar-refractivity contribution is 5.70. The molecule has 0 bridgehead atoms. The fourth-order valence-corrected chi connectivity index (χ4v) is 0.876. The molecule has 3 nitrogen and oxygen atoms in total. The number of halogens is 1. The lowest BCUT2D eigenvalue weighted by molar-refractivity contribution is 0.516. The maximum absolute atomic E-state index is 12.4. The summed E-state index contributed by atoms with van der Waals surface area (Å²) in [5.41, 5.74) is 6.29. The van der Waals surface area contributed by atoms with Crippen LogP contribution in [0.2, 0.25) is 0 Å². The summed E-state index contributed by atoms with van der Waals surface area (Å²) < 4.78 is 12.4. The Labute approximate surface area is 91.1 Å². The molecule has 0 aromatic carbocycles. The quantitative estimate of drug-likeness (QED) is 0.365. The van der Waals surface area contributed by atoms with Gasteiger partial charge in [-0.05, 0) is 25.1 Å². The fraction of sp³-hybridized carbons (Fsp3) is 0.545. The van der Waals surface area contributed by atoms with Crippen molar-refractivity contribution >= 4 is 6.21 Å². The molecule has 0 heterocycles. The van der Waals surface area contributed by atoms with Crippen molar-refractivity contribution in [2.45, 2.75) is 13.3 Å². The van der Waals surface area contributed by atoms with Crippen LogP contribution >= 0.6 is 0 Å². The zero-order chi connectivity index (χ0) is 11.4. The predicted octanol–water partition coefficient (Wildman–Crippen LogP) is 1.64. The molecule has 0 atom stereocenters. The zero-order valence-electron chi connectivity index (χ0n) is 9.46. The Balaban J connectivity index is 3.79. The fourth-order valence-electron chi connectivity index (χ4n) is 0.876. The Morgan fingerprint density at radius 3 is 2.87 bits per heavy atom. The van der Waals surface area contributed by atoms with Crippen molar-refractivity contribution in [2.75, 3.05) is 26.8 Å². The van der Waals surface area contributed by atoms with E-state index in [1.165, 1.54) is 0 Å². The van der Waals surface area contributed by atoms with Crippen LogP contribution in [0, 0.1) is 0 Å².